The number of anilines is 2. The Hall–Kier alpha value is -3.68. The Morgan fingerprint density at radius 2 is 2.13 bits per heavy atom. The molecule has 0 saturated carbocycles. The summed E-state index contributed by atoms with van der Waals surface area (Å²) in [5, 5.41) is 21.5. The van der Waals surface area contributed by atoms with Crippen molar-refractivity contribution in [3.63, 3.8) is 0 Å². The summed E-state index contributed by atoms with van der Waals surface area (Å²) in [6, 6.07) is 14.8. The van der Waals surface area contributed by atoms with Gasteiger partial charge in [0.05, 0.1) is 11.7 Å². The van der Waals surface area contributed by atoms with E-state index in [-0.39, 0.29) is 18.4 Å². The van der Waals surface area contributed by atoms with E-state index in [1.165, 1.54) is 4.68 Å². The van der Waals surface area contributed by atoms with E-state index >= 15 is 0 Å². The first kappa shape index (κ1) is 22.0. The van der Waals surface area contributed by atoms with Gasteiger partial charge in [-0.2, -0.15) is 10.5 Å². The van der Waals surface area contributed by atoms with Gasteiger partial charge in [-0.3, -0.25) is 9.68 Å². The molecule has 2 aromatic carbocycles. The van der Waals surface area contributed by atoms with Crippen molar-refractivity contribution < 1.29 is 14.9 Å². The van der Waals surface area contributed by atoms with Crippen LogP contribution in [0, 0.1) is 23.7 Å². The lowest BCUT2D eigenvalue weighted by Crippen LogP contribution is -2.35. The molecule has 1 heterocycles. The first-order chi connectivity index (χ1) is 15.0. The summed E-state index contributed by atoms with van der Waals surface area (Å²) in [5.74, 6) is 2.64. The van der Waals surface area contributed by atoms with Crippen LogP contribution in [-0.4, -0.2) is 44.0 Å². The first-order valence-electron chi connectivity index (χ1n) is 9.52. The molecule has 1 unspecified atom stereocenters. The molecule has 0 aliphatic rings. The molecule has 1 atom stereocenters. The zero-order valence-corrected chi connectivity index (χ0v) is 17.9. The van der Waals surface area contributed by atoms with Crippen LogP contribution in [0.2, 0.25) is 0 Å². The number of aromatic amines is 1. The van der Waals surface area contributed by atoms with E-state index < -0.39 is 0 Å². The standard InChI is InChI=1S/C21H22N6O3S/c1-15-6-8-18(9-7-15)26(16(2)11-13-30-29)12-10-20(28)22-17-4-3-5-19(14-17)27-21(31)23-24-25-27/h3-9,14,16,29H,10,12H2,1-2H3,(H,22,28)(H,23,25,31). The lowest BCUT2D eigenvalue weighted by Gasteiger charge is -2.28. The highest BCUT2D eigenvalue weighted by molar-refractivity contribution is 7.71. The third kappa shape index (κ3) is 5.91. The molecular formula is C21H22N6O3S. The molecule has 0 spiro atoms. The summed E-state index contributed by atoms with van der Waals surface area (Å²) in [6.07, 6.45) is 2.43. The predicted octanol–water partition coefficient (Wildman–Crippen LogP) is 3.31. The molecule has 0 radical (unpaired) electrons. The van der Waals surface area contributed by atoms with Crippen molar-refractivity contribution in [2.45, 2.75) is 26.3 Å². The van der Waals surface area contributed by atoms with Gasteiger partial charge in [0.25, 0.3) is 0 Å². The molecule has 0 aliphatic heterocycles. The number of H-pyrrole nitrogens is 1. The van der Waals surface area contributed by atoms with Crippen LogP contribution < -0.4 is 10.2 Å². The van der Waals surface area contributed by atoms with Crippen LogP contribution in [0.15, 0.2) is 48.5 Å². The number of nitrogens with one attached hydrogen (secondary N) is 2. The highest BCUT2D eigenvalue weighted by Crippen LogP contribution is 2.19. The fraction of sp³-hybridized carbons (Fsp3) is 0.238. The number of hydrogen-bond acceptors (Lipinski definition) is 7. The van der Waals surface area contributed by atoms with Gasteiger partial charge < -0.3 is 10.2 Å². The van der Waals surface area contributed by atoms with Crippen LogP contribution >= 0.6 is 12.2 Å². The number of aromatic nitrogens is 4. The lowest BCUT2D eigenvalue weighted by molar-refractivity contribution is -0.171. The monoisotopic (exact) mass is 438 g/mol. The van der Waals surface area contributed by atoms with Gasteiger partial charge in [-0.25, -0.2) is 4.68 Å². The molecular weight excluding hydrogens is 416 g/mol. The SMILES string of the molecule is Cc1ccc(N(CCC(=O)Nc2cccc(-n3[nH]nnc3=S)c2)C(C)C#COO)cc1. The summed E-state index contributed by atoms with van der Waals surface area (Å²) in [6.45, 7) is 4.30. The number of rotatable bonds is 7. The third-order valence-corrected chi connectivity index (χ3v) is 4.85. The Morgan fingerprint density at radius 3 is 2.81 bits per heavy atom. The Labute approximate surface area is 184 Å². The van der Waals surface area contributed by atoms with Crippen LogP contribution in [0.25, 0.3) is 5.69 Å². The molecule has 3 N–H and O–H groups in total. The maximum atomic E-state index is 12.6. The highest BCUT2D eigenvalue weighted by Gasteiger charge is 2.15. The summed E-state index contributed by atoms with van der Waals surface area (Å²) in [5.41, 5.74) is 3.39. The van der Waals surface area contributed by atoms with Gasteiger partial charge in [-0.1, -0.05) is 34.1 Å². The largest absolute Gasteiger partial charge is 0.357 e. The molecule has 31 heavy (non-hydrogen) atoms. The molecule has 0 fully saturated rings. The molecule has 1 aromatic heterocycles. The summed E-state index contributed by atoms with van der Waals surface area (Å²) in [4.78, 5) is 18.5. The topological polar surface area (TPSA) is 108 Å². The Bertz CT molecular complexity index is 1150. The predicted molar refractivity (Wildman–Crippen MR) is 119 cm³/mol. The highest BCUT2D eigenvalue weighted by atomic mass is 32.1. The van der Waals surface area contributed by atoms with E-state index in [2.05, 4.69) is 37.8 Å². The molecule has 9 nitrogen and oxygen atoms in total. The molecule has 0 saturated heterocycles. The number of amides is 1. The number of benzene rings is 2. The first-order valence-corrected chi connectivity index (χ1v) is 9.93. The Kier molecular flexibility index (Phi) is 7.37. The molecule has 1 amide bonds. The van der Waals surface area contributed by atoms with E-state index in [1.807, 2.05) is 49.1 Å². The molecule has 3 aromatic rings. The fourth-order valence-electron chi connectivity index (χ4n) is 3.01. The Balaban J connectivity index is 1.69. The average Bonchev–Trinajstić information content (AvgIpc) is 3.19. The zero-order valence-electron chi connectivity index (χ0n) is 17.1. The van der Waals surface area contributed by atoms with E-state index in [1.54, 1.807) is 18.2 Å². The fourth-order valence-corrected chi connectivity index (χ4v) is 3.19. The summed E-state index contributed by atoms with van der Waals surface area (Å²) in [7, 11) is 0. The van der Waals surface area contributed by atoms with Gasteiger partial charge >= 0.3 is 0 Å². The summed E-state index contributed by atoms with van der Waals surface area (Å²) >= 11 is 5.11. The molecule has 3 rings (SSSR count). The van der Waals surface area contributed by atoms with Crippen LogP contribution in [0.5, 0.6) is 0 Å². The average molecular weight is 439 g/mol. The van der Waals surface area contributed by atoms with Crippen molar-refractivity contribution in [1.82, 2.24) is 20.2 Å². The zero-order chi connectivity index (χ0) is 22.2. The Morgan fingerprint density at radius 1 is 1.35 bits per heavy atom. The van der Waals surface area contributed by atoms with Gasteiger partial charge in [-0.15, -0.1) is 0 Å². The number of carbonyl (C=O) groups excluding carboxylic acids is 1. The number of hydrogen-bond donors (Lipinski definition) is 3. The second-order valence-electron chi connectivity index (χ2n) is 6.81. The maximum Gasteiger partial charge on any atom is 0.242 e. The minimum atomic E-state index is -0.277. The van der Waals surface area contributed by atoms with Gasteiger partial charge in [0, 0.05) is 24.3 Å². The van der Waals surface area contributed by atoms with Crippen molar-refractivity contribution in [2.24, 2.45) is 0 Å². The molecule has 0 aliphatic carbocycles. The normalized spacial score (nSPS) is 11.2. The quantitative estimate of drug-likeness (QED) is 0.225. The molecule has 10 heteroatoms. The second-order valence-corrected chi connectivity index (χ2v) is 7.17. The van der Waals surface area contributed by atoms with Crippen LogP contribution in [-0.2, 0) is 9.68 Å². The van der Waals surface area contributed by atoms with E-state index in [9.17, 15) is 4.79 Å². The maximum absolute atomic E-state index is 12.6. The van der Waals surface area contributed by atoms with Crippen molar-refractivity contribution in [2.75, 3.05) is 16.8 Å². The molecule has 0 bridgehead atoms. The second kappa shape index (κ2) is 10.4. The van der Waals surface area contributed by atoms with Gasteiger partial charge in [0.15, 0.2) is 6.11 Å². The lowest BCUT2D eigenvalue weighted by atomic mass is 10.1. The smallest absolute Gasteiger partial charge is 0.242 e. The number of nitrogens with zero attached hydrogens (tertiary/aromatic N) is 4. The van der Waals surface area contributed by atoms with Gasteiger partial charge in [0.1, 0.15) is 0 Å². The minimum absolute atomic E-state index is 0.154. The number of aryl methyl sites for hydroxylation is 1. The minimum Gasteiger partial charge on any atom is -0.357 e. The van der Waals surface area contributed by atoms with Gasteiger partial charge in [-0.05, 0) is 62.3 Å². The van der Waals surface area contributed by atoms with E-state index in [0.29, 0.717) is 22.7 Å². The van der Waals surface area contributed by atoms with Crippen molar-refractivity contribution in [3.8, 4) is 17.7 Å². The van der Waals surface area contributed by atoms with Crippen molar-refractivity contribution >= 4 is 29.5 Å². The van der Waals surface area contributed by atoms with Crippen molar-refractivity contribution in [1.29, 1.82) is 0 Å². The third-order valence-electron chi connectivity index (χ3n) is 4.59. The van der Waals surface area contributed by atoms with E-state index in [4.69, 9.17) is 17.5 Å². The molecule has 160 valence electrons. The van der Waals surface area contributed by atoms with Crippen LogP contribution in [0.3, 0.4) is 0 Å². The number of carbonyl (C=O) groups is 1. The number of tetrazole rings is 1. The van der Waals surface area contributed by atoms with Crippen LogP contribution in [0.1, 0.15) is 18.9 Å². The summed E-state index contributed by atoms with van der Waals surface area (Å²) < 4.78 is 1.83. The van der Waals surface area contributed by atoms with Gasteiger partial charge in [0.2, 0.25) is 10.7 Å². The van der Waals surface area contributed by atoms with Crippen LogP contribution in [0.4, 0.5) is 11.4 Å². The van der Waals surface area contributed by atoms with E-state index in [0.717, 1.165) is 11.3 Å². The van der Waals surface area contributed by atoms with Crippen molar-refractivity contribution in [3.05, 3.63) is 58.9 Å².